The summed E-state index contributed by atoms with van der Waals surface area (Å²) in [5.74, 6) is -0.0202. The summed E-state index contributed by atoms with van der Waals surface area (Å²) < 4.78 is 0. The molecule has 1 aromatic carbocycles. The average molecular weight is 315 g/mol. The highest BCUT2D eigenvalue weighted by molar-refractivity contribution is 6.31. The number of carbonyl (C=O) groups is 1. The summed E-state index contributed by atoms with van der Waals surface area (Å²) in [5.41, 5.74) is 1.13. The summed E-state index contributed by atoms with van der Waals surface area (Å²) in [4.78, 5) is 11.1. The third-order valence-corrected chi connectivity index (χ3v) is 3.17. The molecule has 0 bridgehead atoms. The predicted molar refractivity (Wildman–Crippen MR) is 90.2 cm³/mol. The Balaban J connectivity index is 0.000000486. The standard InChI is InChI=1S/C10H12ClNO2.C6H15N/c1-3-10(14)12-7-4-8(11)6(2)9(13)5-7;1-3-5-7-6-4-2/h4-5,13H,3H2,1-2H3,(H,12,14);7H,3-6H2,1-2H3. The summed E-state index contributed by atoms with van der Waals surface area (Å²) in [6, 6.07) is 3.10. The average Bonchev–Trinajstić information content (AvgIpc) is 2.46. The molecule has 0 unspecified atom stereocenters. The summed E-state index contributed by atoms with van der Waals surface area (Å²) in [6.07, 6.45) is 2.90. The van der Waals surface area contributed by atoms with E-state index in [1.807, 2.05) is 0 Å². The van der Waals surface area contributed by atoms with Crippen LogP contribution in [0.3, 0.4) is 0 Å². The highest BCUT2D eigenvalue weighted by Gasteiger charge is 2.06. The Kier molecular flexibility index (Phi) is 10.7. The van der Waals surface area contributed by atoms with Gasteiger partial charge in [-0.05, 0) is 38.9 Å². The van der Waals surface area contributed by atoms with E-state index in [1.54, 1.807) is 19.9 Å². The Hall–Kier alpha value is -1.26. The van der Waals surface area contributed by atoms with E-state index in [0.717, 1.165) is 0 Å². The van der Waals surface area contributed by atoms with Crippen molar-refractivity contribution in [2.24, 2.45) is 0 Å². The van der Waals surface area contributed by atoms with Gasteiger partial charge in [-0.2, -0.15) is 0 Å². The van der Waals surface area contributed by atoms with Crippen molar-refractivity contribution in [1.29, 1.82) is 0 Å². The van der Waals surface area contributed by atoms with E-state index in [2.05, 4.69) is 24.5 Å². The van der Waals surface area contributed by atoms with Crippen molar-refractivity contribution in [3.05, 3.63) is 22.7 Å². The molecule has 1 amide bonds. The molecule has 1 aromatic rings. The highest BCUT2D eigenvalue weighted by atomic mass is 35.5. The topological polar surface area (TPSA) is 61.4 Å². The zero-order valence-electron chi connectivity index (χ0n) is 13.4. The molecule has 21 heavy (non-hydrogen) atoms. The lowest BCUT2D eigenvalue weighted by atomic mass is 10.2. The summed E-state index contributed by atoms with van der Waals surface area (Å²) in [7, 11) is 0. The van der Waals surface area contributed by atoms with Crippen molar-refractivity contribution in [2.75, 3.05) is 18.4 Å². The van der Waals surface area contributed by atoms with Crippen molar-refractivity contribution in [1.82, 2.24) is 5.32 Å². The molecule has 3 N–H and O–H groups in total. The van der Waals surface area contributed by atoms with E-state index in [0.29, 0.717) is 22.7 Å². The zero-order valence-corrected chi connectivity index (χ0v) is 14.2. The maximum Gasteiger partial charge on any atom is 0.224 e. The smallest absolute Gasteiger partial charge is 0.224 e. The van der Waals surface area contributed by atoms with Gasteiger partial charge in [0.05, 0.1) is 0 Å². The van der Waals surface area contributed by atoms with Crippen LogP contribution in [0.15, 0.2) is 12.1 Å². The summed E-state index contributed by atoms with van der Waals surface area (Å²) >= 11 is 5.83. The van der Waals surface area contributed by atoms with E-state index in [1.165, 1.54) is 32.0 Å². The van der Waals surface area contributed by atoms with Crippen LogP contribution in [0.25, 0.3) is 0 Å². The van der Waals surface area contributed by atoms with Crippen LogP contribution in [0.4, 0.5) is 5.69 Å². The zero-order chi connectivity index (χ0) is 16.3. The molecule has 0 saturated heterocycles. The van der Waals surface area contributed by atoms with Crippen LogP contribution in [0.2, 0.25) is 5.02 Å². The van der Waals surface area contributed by atoms with Crippen LogP contribution < -0.4 is 10.6 Å². The van der Waals surface area contributed by atoms with Crippen molar-refractivity contribution in [3.63, 3.8) is 0 Å². The molecule has 0 aliphatic rings. The summed E-state index contributed by atoms with van der Waals surface area (Å²) in [6.45, 7) is 10.2. The van der Waals surface area contributed by atoms with E-state index in [4.69, 9.17) is 11.6 Å². The first-order valence-corrected chi connectivity index (χ1v) is 7.83. The Morgan fingerprint density at radius 1 is 1.19 bits per heavy atom. The van der Waals surface area contributed by atoms with Crippen LogP contribution in [0.1, 0.15) is 45.6 Å². The number of benzene rings is 1. The number of phenols is 1. The second-order valence-electron chi connectivity index (χ2n) is 4.75. The Morgan fingerprint density at radius 2 is 1.76 bits per heavy atom. The Labute approximate surface area is 132 Å². The molecule has 0 fully saturated rings. The van der Waals surface area contributed by atoms with Gasteiger partial charge in [0, 0.05) is 28.8 Å². The maximum atomic E-state index is 11.1. The first-order valence-electron chi connectivity index (χ1n) is 7.45. The molecule has 4 nitrogen and oxygen atoms in total. The quantitative estimate of drug-likeness (QED) is 0.693. The van der Waals surface area contributed by atoms with Gasteiger partial charge in [-0.3, -0.25) is 4.79 Å². The van der Waals surface area contributed by atoms with Gasteiger partial charge in [0.25, 0.3) is 0 Å². The third-order valence-electron chi connectivity index (χ3n) is 2.78. The Morgan fingerprint density at radius 3 is 2.19 bits per heavy atom. The number of nitrogens with one attached hydrogen (secondary N) is 2. The lowest BCUT2D eigenvalue weighted by Gasteiger charge is -2.07. The minimum Gasteiger partial charge on any atom is -0.508 e. The molecule has 0 aliphatic heterocycles. The molecular weight excluding hydrogens is 288 g/mol. The lowest BCUT2D eigenvalue weighted by molar-refractivity contribution is -0.115. The van der Waals surface area contributed by atoms with Crippen molar-refractivity contribution in [3.8, 4) is 5.75 Å². The third kappa shape index (κ3) is 8.58. The van der Waals surface area contributed by atoms with Gasteiger partial charge in [0.1, 0.15) is 5.75 Å². The SMILES string of the molecule is CCC(=O)Nc1cc(O)c(C)c(Cl)c1.CCCNCCC. The van der Waals surface area contributed by atoms with E-state index in [-0.39, 0.29) is 11.7 Å². The lowest BCUT2D eigenvalue weighted by Crippen LogP contribution is -2.14. The van der Waals surface area contributed by atoms with E-state index >= 15 is 0 Å². The number of halogens is 1. The van der Waals surface area contributed by atoms with Crippen LogP contribution in [0.5, 0.6) is 5.75 Å². The molecule has 0 spiro atoms. The van der Waals surface area contributed by atoms with Crippen LogP contribution >= 0.6 is 11.6 Å². The van der Waals surface area contributed by atoms with Gasteiger partial charge in [-0.15, -0.1) is 0 Å². The second kappa shape index (κ2) is 11.4. The van der Waals surface area contributed by atoms with Gasteiger partial charge >= 0.3 is 0 Å². The minimum absolute atomic E-state index is 0.0869. The van der Waals surface area contributed by atoms with Crippen molar-refractivity contribution < 1.29 is 9.90 Å². The number of rotatable bonds is 6. The van der Waals surface area contributed by atoms with Gasteiger partial charge in [0.2, 0.25) is 5.91 Å². The minimum atomic E-state index is -0.107. The molecular formula is C16H27ClN2O2. The first kappa shape index (κ1) is 19.7. The largest absolute Gasteiger partial charge is 0.508 e. The Bertz CT molecular complexity index is 409. The van der Waals surface area contributed by atoms with Gasteiger partial charge < -0.3 is 15.7 Å². The monoisotopic (exact) mass is 314 g/mol. The number of anilines is 1. The number of hydrogen-bond acceptors (Lipinski definition) is 3. The fraction of sp³-hybridized carbons (Fsp3) is 0.562. The van der Waals surface area contributed by atoms with Gasteiger partial charge in [-0.1, -0.05) is 32.4 Å². The molecule has 0 aliphatic carbocycles. The molecule has 1 rings (SSSR count). The fourth-order valence-electron chi connectivity index (χ4n) is 1.46. The van der Waals surface area contributed by atoms with Crippen molar-refractivity contribution >= 4 is 23.2 Å². The normalized spacial score (nSPS) is 9.76. The molecule has 0 heterocycles. The van der Waals surface area contributed by atoms with Crippen LogP contribution in [-0.4, -0.2) is 24.1 Å². The van der Waals surface area contributed by atoms with E-state index in [9.17, 15) is 9.90 Å². The van der Waals surface area contributed by atoms with Crippen LogP contribution in [-0.2, 0) is 4.79 Å². The first-order chi connectivity index (χ1) is 9.96. The molecule has 0 atom stereocenters. The highest BCUT2D eigenvalue weighted by Crippen LogP contribution is 2.29. The number of carbonyl (C=O) groups excluding carboxylic acids is 1. The molecule has 0 saturated carbocycles. The fourth-order valence-corrected chi connectivity index (χ4v) is 1.68. The number of amides is 1. The predicted octanol–water partition coefficient (Wildman–Crippen LogP) is 4.10. The maximum absolute atomic E-state index is 11.1. The van der Waals surface area contributed by atoms with E-state index < -0.39 is 0 Å². The van der Waals surface area contributed by atoms with Crippen LogP contribution in [0, 0.1) is 6.92 Å². The summed E-state index contributed by atoms with van der Waals surface area (Å²) in [5, 5.41) is 15.8. The number of hydrogen-bond donors (Lipinski definition) is 3. The van der Waals surface area contributed by atoms with Gasteiger partial charge in [0.15, 0.2) is 0 Å². The molecule has 120 valence electrons. The number of aromatic hydroxyl groups is 1. The second-order valence-corrected chi connectivity index (χ2v) is 5.16. The van der Waals surface area contributed by atoms with Crippen molar-refractivity contribution in [2.45, 2.75) is 47.0 Å². The number of phenolic OH excluding ortho intramolecular Hbond substituents is 1. The van der Waals surface area contributed by atoms with Gasteiger partial charge in [-0.25, -0.2) is 0 Å². The molecule has 0 radical (unpaired) electrons. The molecule has 5 heteroatoms. The molecule has 0 aromatic heterocycles.